The molecule has 0 saturated heterocycles. The van der Waals surface area contributed by atoms with Gasteiger partial charge >= 0.3 is 0 Å². The summed E-state index contributed by atoms with van der Waals surface area (Å²) in [6.07, 6.45) is 0. The molecule has 1 aromatic heterocycles. The second-order valence-corrected chi connectivity index (χ2v) is 17.2. The highest BCUT2D eigenvalue weighted by molar-refractivity contribution is 8.00. The van der Waals surface area contributed by atoms with Crippen LogP contribution in [0.4, 0.5) is 0 Å². The third-order valence-electron chi connectivity index (χ3n) is 9.47. The van der Waals surface area contributed by atoms with Crippen LogP contribution in [0.3, 0.4) is 0 Å². The number of aromatic nitrogens is 3. The van der Waals surface area contributed by atoms with Crippen LogP contribution in [-0.2, 0) is 0 Å². The predicted octanol–water partition coefficient (Wildman–Crippen LogP) is 8.38. The maximum atomic E-state index is 5.03. The van der Waals surface area contributed by atoms with Crippen LogP contribution in [0.15, 0.2) is 198 Å². The van der Waals surface area contributed by atoms with Crippen LogP contribution in [-0.4, -0.2) is 23.0 Å². The summed E-state index contributed by atoms with van der Waals surface area (Å²) in [5, 5.41) is 5.63. The van der Waals surface area contributed by atoms with E-state index < -0.39 is 8.07 Å². The molecule has 0 spiro atoms. The molecule has 3 nitrogen and oxygen atoms in total. The van der Waals surface area contributed by atoms with Crippen molar-refractivity contribution in [2.45, 2.75) is 9.79 Å². The highest BCUT2D eigenvalue weighted by Gasteiger charge is 2.47. The van der Waals surface area contributed by atoms with Crippen LogP contribution >= 0.6 is 11.8 Å². The number of fused-ring (bicyclic) bond motifs is 2. The number of nitrogens with zero attached hydrogens (tertiary/aromatic N) is 3. The Morgan fingerprint density at radius 3 is 1.40 bits per heavy atom. The molecule has 9 rings (SSSR count). The van der Waals surface area contributed by atoms with E-state index in [0.29, 0.717) is 17.5 Å². The zero-order chi connectivity index (χ0) is 33.3. The lowest BCUT2D eigenvalue weighted by Crippen LogP contribution is -2.76. The van der Waals surface area contributed by atoms with E-state index in [2.05, 4.69) is 127 Å². The van der Waals surface area contributed by atoms with Crippen molar-refractivity contribution < 1.29 is 0 Å². The molecule has 7 aromatic carbocycles. The van der Waals surface area contributed by atoms with Crippen molar-refractivity contribution in [3.63, 3.8) is 0 Å². The third kappa shape index (κ3) is 5.19. The molecule has 0 radical (unpaired) electrons. The molecular formula is C45H31N3SSi. The molecule has 0 unspecified atom stereocenters. The molecule has 0 aliphatic carbocycles. The Balaban J connectivity index is 1.25. The SMILES string of the molecule is c1ccc(-c2nc(-c3ccccc3)nc(-c3cccc(-c4cccc5c4Sc4ccccc4[Si]5(c4ccccc4)c4ccccc4)c3)n2)cc1. The van der Waals surface area contributed by atoms with Crippen molar-refractivity contribution in [1.29, 1.82) is 0 Å². The van der Waals surface area contributed by atoms with E-state index in [1.165, 1.54) is 36.1 Å². The Morgan fingerprint density at radius 2 is 0.800 bits per heavy atom. The lowest BCUT2D eigenvalue weighted by molar-refractivity contribution is 1.07. The molecular weight excluding hydrogens is 643 g/mol. The minimum atomic E-state index is -2.66. The van der Waals surface area contributed by atoms with Crippen molar-refractivity contribution in [2.24, 2.45) is 0 Å². The molecule has 0 bridgehead atoms. The predicted molar refractivity (Wildman–Crippen MR) is 209 cm³/mol. The average molecular weight is 674 g/mol. The molecule has 0 fully saturated rings. The van der Waals surface area contributed by atoms with Crippen LogP contribution in [0.5, 0.6) is 0 Å². The van der Waals surface area contributed by atoms with Crippen molar-refractivity contribution in [3.8, 4) is 45.3 Å². The molecule has 1 aliphatic heterocycles. The lowest BCUT2D eigenvalue weighted by atomic mass is 10.0. The summed E-state index contributed by atoms with van der Waals surface area (Å²) in [5.41, 5.74) is 5.22. The first-order chi connectivity index (χ1) is 24.8. The van der Waals surface area contributed by atoms with Gasteiger partial charge in [0.2, 0.25) is 0 Å². The standard InChI is InChI=1S/C45H31N3SSi/c1-5-17-32(18-6-1)43-46-44(33-19-7-2-8-20-33)48-45(47-43)35-22-15-21-34(31-35)38-27-16-30-41-42(38)49-39-28-13-14-29-40(39)50(41,36-23-9-3-10-24-36)37-25-11-4-12-26-37/h1-31H. The van der Waals surface area contributed by atoms with Gasteiger partial charge in [0.05, 0.1) is 0 Å². The van der Waals surface area contributed by atoms with E-state index in [-0.39, 0.29) is 0 Å². The van der Waals surface area contributed by atoms with Crippen molar-refractivity contribution in [3.05, 3.63) is 188 Å². The zero-order valence-electron chi connectivity index (χ0n) is 27.1. The molecule has 0 N–H and O–H groups in total. The van der Waals surface area contributed by atoms with E-state index in [1.54, 1.807) is 0 Å². The lowest BCUT2D eigenvalue weighted by Gasteiger charge is -2.40. The summed E-state index contributed by atoms with van der Waals surface area (Å²) in [5.74, 6) is 1.97. The second-order valence-electron chi connectivity index (χ2n) is 12.4. The minimum Gasteiger partial charge on any atom is -0.208 e. The van der Waals surface area contributed by atoms with Gasteiger partial charge in [-0.15, -0.1) is 0 Å². The summed E-state index contributed by atoms with van der Waals surface area (Å²) in [6, 6.07) is 67.2. The van der Waals surface area contributed by atoms with Gasteiger partial charge in [0.25, 0.3) is 0 Å². The maximum Gasteiger partial charge on any atom is 0.181 e. The molecule has 0 saturated carbocycles. The monoisotopic (exact) mass is 673 g/mol. The number of rotatable bonds is 6. The van der Waals surface area contributed by atoms with Gasteiger partial charge in [0, 0.05) is 26.5 Å². The first-order valence-electron chi connectivity index (χ1n) is 16.8. The minimum absolute atomic E-state index is 0.652. The Labute approximate surface area is 297 Å². The van der Waals surface area contributed by atoms with E-state index in [0.717, 1.165) is 22.3 Å². The van der Waals surface area contributed by atoms with Gasteiger partial charge in [-0.25, -0.2) is 15.0 Å². The average Bonchev–Trinajstić information content (AvgIpc) is 3.21. The summed E-state index contributed by atoms with van der Waals surface area (Å²) in [6.45, 7) is 0. The van der Waals surface area contributed by atoms with Crippen molar-refractivity contribution in [1.82, 2.24) is 15.0 Å². The summed E-state index contributed by atoms with van der Waals surface area (Å²) in [4.78, 5) is 17.6. The Bertz CT molecular complexity index is 2360. The zero-order valence-corrected chi connectivity index (χ0v) is 29.0. The van der Waals surface area contributed by atoms with Gasteiger partial charge in [-0.05, 0) is 44.0 Å². The molecule has 5 heteroatoms. The topological polar surface area (TPSA) is 38.7 Å². The normalized spacial score (nSPS) is 12.9. The quantitative estimate of drug-likeness (QED) is 0.166. The highest BCUT2D eigenvalue weighted by Crippen LogP contribution is 2.40. The summed E-state index contributed by atoms with van der Waals surface area (Å²) >= 11 is 1.89. The van der Waals surface area contributed by atoms with Gasteiger partial charge in [-0.3, -0.25) is 0 Å². The molecule has 0 amide bonds. The van der Waals surface area contributed by atoms with E-state index in [9.17, 15) is 0 Å². The van der Waals surface area contributed by atoms with Crippen LogP contribution < -0.4 is 20.7 Å². The van der Waals surface area contributed by atoms with E-state index >= 15 is 0 Å². The molecule has 50 heavy (non-hydrogen) atoms. The molecule has 2 heterocycles. The largest absolute Gasteiger partial charge is 0.208 e. The fourth-order valence-electron chi connectivity index (χ4n) is 7.22. The second kappa shape index (κ2) is 12.9. The van der Waals surface area contributed by atoms with Crippen LogP contribution in [0.2, 0.25) is 0 Å². The first kappa shape index (κ1) is 30.2. The molecule has 0 atom stereocenters. The smallest absolute Gasteiger partial charge is 0.181 e. The molecule has 1 aliphatic rings. The maximum absolute atomic E-state index is 5.03. The Kier molecular flexibility index (Phi) is 7.77. The van der Waals surface area contributed by atoms with Gasteiger partial charge in [0.1, 0.15) is 0 Å². The Hall–Kier alpha value is -5.88. The van der Waals surface area contributed by atoms with Gasteiger partial charge in [-0.1, -0.05) is 188 Å². The van der Waals surface area contributed by atoms with E-state index in [4.69, 9.17) is 15.0 Å². The van der Waals surface area contributed by atoms with Gasteiger partial charge in [-0.2, -0.15) is 0 Å². The fraction of sp³-hybridized carbons (Fsp3) is 0. The van der Waals surface area contributed by atoms with Crippen LogP contribution in [0.25, 0.3) is 45.3 Å². The Morgan fingerprint density at radius 1 is 0.360 bits per heavy atom. The van der Waals surface area contributed by atoms with Gasteiger partial charge in [0.15, 0.2) is 25.5 Å². The number of benzene rings is 7. The third-order valence-corrected chi connectivity index (χ3v) is 15.9. The summed E-state index contributed by atoms with van der Waals surface area (Å²) < 4.78 is 0. The van der Waals surface area contributed by atoms with Gasteiger partial charge < -0.3 is 0 Å². The van der Waals surface area contributed by atoms with Crippen LogP contribution in [0.1, 0.15) is 0 Å². The molecule has 236 valence electrons. The number of hydrogen-bond donors (Lipinski definition) is 0. The highest BCUT2D eigenvalue weighted by atomic mass is 32.2. The summed E-state index contributed by atoms with van der Waals surface area (Å²) in [7, 11) is -2.66. The first-order valence-corrected chi connectivity index (χ1v) is 19.6. The van der Waals surface area contributed by atoms with Crippen LogP contribution in [0, 0.1) is 0 Å². The van der Waals surface area contributed by atoms with Crippen molar-refractivity contribution in [2.75, 3.05) is 0 Å². The number of hydrogen-bond acceptors (Lipinski definition) is 4. The fourth-order valence-corrected chi connectivity index (χ4v) is 14.3. The van der Waals surface area contributed by atoms with E-state index in [1.807, 2.05) is 72.4 Å². The molecule has 8 aromatic rings. The van der Waals surface area contributed by atoms with Crippen molar-refractivity contribution >= 4 is 40.6 Å².